The molecule has 1 aromatic rings. The molecule has 0 bridgehead atoms. The third-order valence-corrected chi connectivity index (χ3v) is 8.40. The lowest BCUT2D eigenvalue weighted by Crippen LogP contribution is -2.58. The quantitative estimate of drug-likeness (QED) is 0.265. The van der Waals surface area contributed by atoms with Crippen molar-refractivity contribution in [2.45, 2.75) is 97.4 Å². The lowest BCUT2D eigenvalue weighted by atomic mass is 9.72. The molecule has 2 aliphatic carbocycles. The van der Waals surface area contributed by atoms with E-state index < -0.39 is 106 Å². The number of Topliss-reactive ketones (excluding diaryl/α,β-unsaturated/α-hetero) is 2. The van der Waals surface area contributed by atoms with E-state index in [0.29, 0.717) is 0 Å². The van der Waals surface area contributed by atoms with Gasteiger partial charge in [-0.15, -0.1) is 0 Å². The minimum Gasteiger partial charge on any atom is -0.459 e. The van der Waals surface area contributed by atoms with Crippen LogP contribution >= 0.6 is 0 Å². The number of carbonyl (C=O) groups excluding carboxylic acids is 7. The molecular weight excluding hydrogens is 628 g/mol. The van der Waals surface area contributed by atoms with E-state index in [2.05, 4.69) is 6.58 Å². The van der Waals surface area contributed by atoms with Crippen LogP contribution in [-0.2, 0) is 52.5 Å². The van der Waals surface area contributed by atoms with Crippen LogP contribution in [0.5, 0.6) is 0 Å². The van der Waals surface area contributed by atoms with E-state index in [9.17, 15) is 38.7 Å². The Morgan fingerprint density at radius 1 is 0.771 bits per heavy atom. The van der Waals surface area contributed by atoms with Gasteiger partial charge in [0, 0.05) is 51.0 Å². The Bertz CT molecular complexity index is 1520. The van der Waals surface area contributed by atoms with Crippen molar-refractivity contribution in [3.05, 3.63) is 60.2 Å². The van der Waals surface area contributed by atoms with Crippen LogP contribution in [0.25, 0.3) is 0 Å². The highest BCUT2D eigenvalue weighted by Crippen LogP contribution is 2.52. The Balaban J connectivity index is 2.45. The van der Waals surface area contributed by atoms with Gasteiger partial charge < -0.3 is 28.8 Å². The first-order chi connectivity index (χ1) is 22.1. The predicted molar refractivity (Wildman–Crippen MR) is 167 cm³/mol. The highest BCUT2D eigenvalue weighted by molar-refractivity contribution is 5.97. The second-order valence-electron chi connectivity index (χ2n) is 13.0. The van der Waals surface area contributed by atoms with E-state index in [1.807, 2.05) is 0 Å². The van der Waals surface area contributed by atoms with Gasteiger partial charge in [-0.3, -0.25) is 28.8 Å². The van der Waals surface area contributed by atoms with Crippen molar-refractivity contribution >= 4 is 41.4 Å². The Hall–Kier alpha value is -4.65. The Labute approximate surface area is 278 Å². The maximum absolute atomic E-state index is 14.5. The smallest absolute Gasteiger partial charge is 0.338 e. The van der Waals surface area contributed by atoms with E-state index in [1.165, 1.54) is 52.0 Å². The second kappa shape index (κ2) is 14.2. The molecule has 3 rings (SSSR count). The monoisotopic (exact) mass is 670 g/mol. The predicted octanol–water partition coefficient (Wildman–Crippen LogP) is 3.01. The highest BCUT2D eigenvalue weighted by Gasteiger charge is 2.70. The molecule has 8 atom stereocenters. The number of esters is 5. The van der Waals surface area contributed by atoms with Crippen LogP contribution in [0.3, 0.4) is 0 Å². The van der Waals surface area contributed by atoms with Crippen molar-refractivity contribution in [2.75, 3.05) is 0 Å². The van der Waals surface area contributed by atoms with Crippen molar-refractivity contribution in [2.24, 2.45) is 17.3 Å². The SMILES string of the molecule is C=C1C(OC(C)=O)[C@@H](OC(=O)c2ccccc2)C(=O)C(C)(C)/C=C/[C@@H](C)C(=O)C2(OC(C)=O)C[C@@](C)(O)[C@H](OC(C)=O)[C@@H]2[C@@H]1OC(C)=O. The third-order valence-electron chi connectivity index (χ3n) is 8.40. The highest BCUT2D eigenvalue weighted by atomic mass is 16.6. The zero-order valence-corrected chi connectivity index (χ0v) is 28.3. The van der Waals surface area contributed by atoms with Gasteiger partial charge in [0.05, 0.1) is 11.5 Å². The molecule has 1 aromatic carbocycles. The maximum Gasteiger partial charge on any atom is 0.338 e. The topological polar surface area (TPSA) is 186 Å². The van der Waals surface area contributed by atoms with Gasteiger partial charge in [0.15, 0.2) is 23.3 Å². The molecule has 2 aliphatic rings. The lowest BCUT2D eigenvalue weighted by molar-refractivity contribution is -0.187. The van der Waals surface area contributed by atoms with Gasteiger partial charge in [0.1, 0.15) is 17.8 Å². The molecule has 0 amide bonds. The molecule has 260 valence electrons. The molecule has 13 nitrogen and oxygen atoms in total. The van der Waals surface area contributed by atoms with E-state index >= 15 is 0 Å². The standard InChI is InChI=1S/C35H42O13/c1-18-15-16-33(7,8)30(41)28(47-32(42)24-13-11-10-12-14-24)27(45-21(4)37)19(2)26(44-20(3)36)25-31(46-22(5)38)34(9,43)17-35(25,29(18)40)48-23(6)39/h10-16,18,25-28,31,43H,2,17H2,1,3-9H3/b16-15+/t18-,25+,26-,27?,28-,31-,34-,35?/m1/s1. The number of rotatable bonds is 6. The fourth-order valence-electron chi connectivity index (χ4n) is 6.37. The molecular formula is C35H42O13. The fraction of sp³-hybridized carbons (Fsp3) is 0.514. The van der Waals surface area contributed by atoms with Crippen LogP contribution in [0, 0.1) is 17.3 Å². The number of ketones is 2. The molecule has 1 N–H and O–H groups in total. The molecule has 0 spiro atoms. The summed E-state index contributed by atoms with van der Waals surface area (Å²) < 4.78 is 28.4. The van der Waals surface area contributed by atoms with Gasteiger partial charge in [-0.25, -0.2) is 4.79 Å². The van der Waals surface area contributed by atoms with E-state index in [4.69, 9.17) is 23.7 Å². The summed E-state index contributed by atoms with van der Waals surface area (Å²) in [6, 6.07) is 7.68. The summed E-state index contributed by atoms with van der Waals surface area (Å²) >= 11 is 0. The fourth-order valence-corrected chi connectivity index (χ4v) is 6.37. The summed E-state index contributed by atoms with van der Waals surface area (Å²) in [5.41, 5.74) is -6.22. The van der Waals surface area contributed by atoms with Gasteiger partial charge in [-0.1, -0.05) is 43.9 Å². The molecule has 0 aromatic heterocycles. The van der Waals surface area contributed by atoms with Gasteiger partial charge in [-0.2, -0.15) is 0 Å². The Kier molecular flexibility index (Phi) is 11.2. The zero-order valence-electron chi connectivity index (χ0n) is 28.3. The Morgan fingerprint density at radius 2 is 1.31 bits per heavy atom. The summed E-state index contributed by atoms with van der Waals surface area (Å²) in [4.78, 5) is 92.7. The number of hydrogen-bond donors (Lipinski definition) is 1. The largest absolute Gasteiger partial charge is 0.459 e. The first-order valence-electron chi connectivity index (χ1n) is 15.3. The molecule has 0 heterocycles. The summed E-state index contributed by atoms with van der Waals surface area (Å²) in [5, 5.41) is 11.7. The molecule has 13 heteroatoms. The number of ether oxygens (including phenoxy) is 5. The van der Waals surface area contributed by atoms with Crippen molar-refractivity contribution in [1.82, 2.24) is 0 Å². The average Bonchev–Trinajstić information content (AvgIpc) is 3.19. The molecule has 1 fully saturated rings. The van der Waals surface area contributed by atoms with E-state index in [-0.39, 0.29) is 5.56 Å². The van der Waals surface area contributed by atoms with Gasteiger partial charge in [0.25, 0.3) is 0 Å². The van der Waals surface area contributed by atoms with E-state index in [1.54, 1.807) is 18.2 Å². The van der Waals surface area contributed by atoms with Crippen LogP contribution in [0.4, 0.5) is 0 Å². The number of fused-ring (bicyclic) bond motifs is 1. The summed E-state index contributed by atoms with van der Waals surface area (Å²) in [5.74, 6) is -9.11. The van der Waals surface area contributed by atoms with Crippen LogP contribution in [-0.4, -0.2) is 82.1 Å². The number of aliphatic hydroxyl groups is 1. The molecule has 48 heavy (non-hydrogen) atoms. The normalized spacial score (nSPS) is 32.4. The van der Waals surface area contributed by atoms with Crippen LogP contribution in [0.15, 0.2) is 54.6 Å². The lowest BCUT2D eigenvalue weighted by Gasteiger charge is -2.42. The molecule has 2 unspecified atom stereocenters. The number of hydrogen-bond acceptors (Lipinski definition) is 13. The van der Waals surface area contributed by atoms with E-state index in [0.717, 1.165) is 27.7 Å². The Morgan fingerprint density at radius 3 is 1.83 bits per heavy atom. The van der Waals surface area contributed by atoms with Gasteiger partial charge in [-0.05, 0) is 32.9 Å². The van der Waals surface area contributed by atoms with Crippen molar-refractivity contribution in [1.29, 1.82) is 0 Å². The molecule has 0 aliphatic heterocycles. The first kappa shape index (κ1) is 37.8. The molecule has 1 saturated carbocycles. The number of allylic oxidation sites excluding steroid dienone is 2. The maximum atomic E-state index is 14.5. The van der Waals surface area contributed by atoms with Gasteiger partial charge >= 0.3 is 29.8 Å². The minimum absolute atomic E-state index is 0.0587. The van der Waals surface area contributed by atoms with Crippen LogP contribution in [0.1, 0.15) is 72.2 Å². The average molecular weight is 671 g/mol. The minimum atomic E-state index is -2.33. The molecule has 0 saturated heterocycles. The first-order valence-corrected chi connectivity index (χ1v) is 15.3. The second-order valence-corrected chi connectivity index (χ2v) is 13.0. The summed E-state index contributed by atoms with van der Waals surface area (Å²) in [6.45, 7) is 13.8. The third kappa shape index (κ3) is 7.89. The van der Waals surface area contributed by atoms with Crippen molar-refractivity contribution in [3.8, 4) is 0 Å². The van der Waals surface area contributed by atoms with Crippen LogP contribution in [0.2, 0.25) is 0 Å². The molecule has 0 radical (unpaired) electrons. The van der Waals surface area contributed by atoms with Crippen molar-refractivity contribution < 1.29 is 62.4 Å². The zero-order chi connectivity index (χ0) is 36.4. The number of benzene rings is 1. The van der Waals surface area contributed by atoms with Crippen molar-refractivity contribution in [3.63, 3.8) is 0 Å². The van der Waals surface area contributed by atoms with Gasteiger partial charge in [0.2, 0.25) is 6.10 Å². The summed E-state index contributed by atoms with van der Waals surface area (Å²) in [7, 11) is 0. The number of carbonyl (C=O) groups is 7. The van der Waals surface area contributed by atoms with Crippen LogP contribution < -0.4 is 0 Å². The summed E-state index contributed by atoms with van der Waals surface area (Å²) in [6.07, 6.45) is -5.15.